The molecule has 1 aromatic carbocycles. The normalized spacial score (nSPS) is 10.1. The van der Waals surface area contributed by atoms with Gasteiger partial charge in [-0.05, 0) is 25.0 Å². The van der Waals surface area contributed by atoms with Crippen molar-refractivity contribution in [2.75, 3.05) is 6.61 Å². The van der Waals surface area contributed by atoms with Gasteiger partial charge in [0.05, 0.1) is 6.61 Å². The number of phenolic OH excluding ortho intramolecular Hbond substituents is 1. The lowest BCUT2D eigenvalue weighted by Crippen LogP contribution is -1.95. The van der Waals surface area contributed by atoms with Crippen molar-refractivity contribution < 1.29 is 9.84 Å². The molecule has 0 saturated carbocycles. The largest absolute Gasteiger partial charge is 0.504 e. The van der Waals surface area contributed by atoms with E-state index in [1.165, 1.54) is 6.07 Å². The maximum atomic E-state index is 9.43. The van der Waals surface area contributed by atoms with Gasteiger partial charge in [-0.1, -0.05) is 18.5 Å². The minimum atomic E-state index is 0.101. The lowest BCUT2D eigenvalue weighted by Gasteiger charge is -2.08. The van der Waals surface area contributed by atoms with E-state index in [1.54, 1.807) is 6.07 Å². The molecule has 72 valence electrons. The highest BCUT2D eigenvalue weighted by molar-refractivity contribution is 6.31. The maximum absolute atomic E-state index is 9.43. The monoisotopic (exact) mass is 200 g/mol. The van der Waals surface area contributed by atoms with Crippen LogP contribution in [0.4, 0.5) is 0 Å². The quantitative estimate of drug-likeness (QED) is 0.813. The maximum Gasteiger partial charge on any atom is 0.161 e. The Kier molecular flexibility index (Phi) is 3.43. The van der Waals surface area contributed by atoms with Gasteiger partial charge in [-0.3, -0.25) is 0 Å². The summed E-state index contributed by atoms with van der Waals surface area (Å²) in [6.45, 7) is 4.50. The summed E-state index contributed by atoms with van der Waals surface area (Å²) in [5.41, 5.74) is 0.908. The summed E-state index contributed by atoms with van der Waals surface area (Å²) < 4.78 is 5.31. The fourth-order valence-corrected chi connectivity index (χ4v) is 1.13. The average molecular weight is 201 g/mol. The van der Waals surface area contributed by atoms with Gasteiger partial charge >= 0.3 is 0 Å². The predicted octanol–water partition coefficient (Wildman–Crippen LogP) is 3.14. The number of rotatable bonds is 3. The lowest BCUT2D eigenvalue weighted by molar-refractivity contribution is 0.299. The first-order chi connectivity index (χ1) is 6.15. The zero-order valence-electron chi connectivity index (χ0n) is 7.80. The van der Waals surface area contributed by atoms with Gasteiger partial charge < -0.3 is 9.84 Å². The van der Waals surface area contributed by atoms with Gasteiger partial charge in [0.15, 0.2) is 11.5 Å². The number of benzene rings is 1. The van der Waals surface area contributed by atoms with Crippen LogP contribution in [-0.2, 0) is 0 Å². The smallest absolute Gasteiger partial charge is 0.161 e. The van der Waals surface area contributed by atoms with Crippen molar-refractivity contribution in [3.8, 4) is 11.5 Å². The van der Waals surface area contributed by atoms with Crippen molar-refractivity contribution >= 4 is 11.6 Å². The molecule has 0 fully saturated rings. The molecule has 1 N–H and O–H groups in total. The van der Waals surface area contributed by atoms with Crippen LogP contribution < -0.4 is 4.74 Å². The first-order valence-electron chi connectivity index (χ1n) is 4.27. The van der Waals surface area contributed by atoms with Crippen molar-refractivity contribution in [2.24, 2.45) is 0 Å². The fraction of sp³-hybridized carbons (Fsp3) is 0.400. The van der Waals surface area contributed by atoms with Crippen LogP contribution in [0.5, 0.6) is 11.5 Å². The van der Waals surface area contributed by atoms with Crippen molar-refractivity contribution in [1.29, 1.82) is 0 Å². The van der Waals surface area contributed by atoms with E-state index in [9.17, 15) is 5.11 Å². The second kappa shape index (κ2) is 4.38. The van der Waals surface area contributed by atoms with Gasteiger partial charge in [-0.15, -0.1) is 0 Å². The van der Waals surface area contributed by atoms with E-state index in [-0.39, 0.29) is 5.75 Å². The highest BCUT2D eigenvalue weighted by Crippen LogP contribution is 2.31. The lowest BCUT2D eigenvalue weighted by atomic mass is 10.2. The van der Waals surface area contributed by atoms with Gasteiger partial charge in [0.1, 0.15) is 0 Å². The summed E-state index contributed by atoms with van der Waals surface area (Å²) >= 11 is 5.80. The number of aryl methyl sites for hydroxylation is 1. The van der Waals surface area contributed by atoms with Gasteiger partial charge in [0.2, 0.25) is 0 Å². The van der Waals surface area contributed by atoms with E-state index < -0.39 is 0 Å². The molecular formula is C10H13ClO2. The van der Waals surface area contributed by atoms with Crippen LogP contribution in [0.15, 0.2) is 12.1 Å². The minimum Gasteiger partial charge on any atom is -0.504 e. The number of halogens is 1. The third kappa shape index (κ3) is 2.52. The Balaban J connectivity index is 2.88. The van der Waals surface area contributed by atoms with Crippen LogP contribution in [0.3, 0.4) is 0 Å². The summed E-state index contributed by atoms with van der Waals surface area (Å²) in [5.74, 6) is 0.604. The third-order valence-electron chi connectivity index (χ3n) is 1.70. The molecule has 0 aliphatic heterocycles. The molecular weight excluding hydrogens is 188 g/mol. The molecule has 13 heavy (non-hydrogen) atoms. The standard InChI is InChI=1S/C10H13ClO2/c1-3-4-13-10-5-7(2)8(11)6-9(10)12/h5-6,12H,3-4H2,1-2H3. The highest BCUT2D eigenvalue weighted by atomic mass is 35.5. The van der Waals surface area contributed by atoms with Crippen LogP contribution in [0.1, 0.15) is 18.9 Å². The van der Waals surface area contributed by atoms with E-state index in [0.717, 1.165) is 12.0 Å². The molecule has 0 radical (unpaired) electrons. The SMILES string of the molecule is CCCOc1cc(C)c(Cl)cc1O. The van der Waals surface area contributed by atoms with Crippen LogP contribution >= 0.6 is 11.6 Å². The van der Waals surface area contributed by atoms with Gasteiger partial charge in [-0.2, -0.15) is 0 Å². The highest BCUT2D eigenvalue weighted by Gasteiger charge is 2.05. The third-order valence-corrected chi connectivity index (χ3v) is 2.11. The van der Waals surface area contributed by atoms with Crippen molar-refractivity contribution in [3.05, 3.63) is 22.7 Å². The molecule has 1 aromatic rings. The second-order valence-corrected chi connectivity index (χ2v) is 3.32. The Morgan fingerprint density at radius 3 is 2.77 bits per heavy atom. The molecule has 0 aliphatic carbocycles. The molecule has 2 nitrogen and oxygen atoms in total. The van der Waals surface area contributed by atoms with Gasteiger partial charge in [0.25, 0.3) is 0 Å². The Bertz CT molecular complexity index is 297. The number of phenols is 1. The Morgan fingerprint density at radius 2 is 2.15 bits per heavy atom. The molecule has 0 amide bonds. The van der Waals surface area contributed by atoms with Crippen LogP contribution in [0.25, 0.3) is 0 Å². The van der Waals surface area contributed by atoms with E-state index in [0.29, 0.717) is 17.4 Å². The van der Waals surface area contributed by atoms with Gasteiger partial charge in [-0.25, -0.2) is 0 Å². The fourth-order valence-electron chi connectivity index (χ4n) is 0.972. The first kappa shape index (κ1) is 10.2. The molecule has 0 aliphatic rings. The number of hydrogen-bond acceptors (Lipinski definition) is 2. The second-order valence-electron chi connectivity index (χ2n) is 2.92. The van der Waals surface area contributed by atoms with Crippen LogP contribution in [-0.4, -0.2) is 11.7 Å². The Hall–Kier alpha value is -0.890. The first-order valence-corrected chi connectivity index (χ1v) is 4.65. The zero-order chi connectivity index (χ0) is 9.84. The molecule has 0 aromatic heterocycles. The number of aromatic hydroxyl groups is 1. The molecule has 0 heterocycles. The summed E-state index contributed by atoms with van der Waals surface area (Å²) in [5, 5.41) is 9.99. The van der Waals surface area contributed by atoms with Crippen molar-refractivity contribution in [2.45, 2.75) is 20.3 Å². The molecule has 0 atom stereocenters. The summed E-state index contributed by atoms with van der Waals surface area (Å²) in [6.07, 6.45) is 0.918. The topological polar surface area (TPSA) is 29.5 Å². The van der Waals surface area contributed by atoms with E-state index in [4.69, 9.17) is 16.3 Å². The number of hydrogen-bond donors (Lipinski definition) is 1. The Morgan fingerprint density at radius 1 is 1.46 bits per heavy atom. The summed E-state index contributed by atoms with van der Waals surface area (Å²) in [6, 6.07) is 3.25. The molecule has 0 bridgehead atoms. The van der Waals surface area contributed by atoms with Crippen LogP contribution in [0, 0.1) is 6.92 Å². The average Bonchev–Trinajstić information content (AvgIpc) is 2.09. The minimum absolute atomic E-state index is 0.101. The van der Waals surface area contributed by atoms with Crippen molar-refractivity contribution in [1.82, 2.24) is 0 Å². The Labute approximate surface area is 83.1 Å². The van der Waals surface area contributed by atoms with Crippen molar-refractivity contribution in [3.63, 3.8) is 0 Å². The van der Waals surface area contributed by atoms with E-state index in [2.05, 4.69) is 0 Å². The van der Waals surface area contributed by atoms with E-state index in [1.807, 2.05) is 13.8 Å². The molecule has 1 rings (SSSR count). The van der Waals surface area contributed by atoms with Gasteiger partial charge in [0, 0.05) is 11.1 Å². The molecule has 0 spiro atoms. The molecule has 0 saturated heterocycles. The summed E-state index contributed by atoms with van der Waals surface area (Å²) in [7, 11) is 0. The number of ether oxygens (including phenoxy) is 1. The van der Waals surface area contributed by atoms with Crippen LogP contribution in [0.2, 0.25) is 5.02 Å². The summed E-state index contributed by atoms with van der Waals surface area (Å²) in [4.78, 5) is 0. The molecule has 3 heteroatoms. The predicted molar refractivity (Wildman–Crippen MR) is 53.6 cm³/mol. The zero-order valence-corrected chi connectivity index (χ0v) is 8.56. The van der Waals surface area contributed by atoms with E-state index >= 15 is 0 Å². The molecule has 0 unspecified atom stereocenters.